The molecule has 17 heavy (non-hydrogen) atoms. The molecule has 0 saturated heterocycles. The number of aromatic nitrogens is 1. The first-order chi connectivity index (χ1) is 8.24. The van der Waals surface area contributed by atoms with Crippen LogP contribution < -0.4 is 0 Å². The SMILES string of the molecule is C=CN=C(/C=C\CCN(C)C)c1ccccn1. The Morgan fingerprint density at radius 3 is 2.88 bits per heavy atom. The predicted octanol–water partition coefficient (Wildman–Crippen LogP) is 2.52. The Morgan fingerprint density at radius 1 is 1.47 bits per heavy atom. The molecule has 0 spiro atoms. The number of rotatable bonds is 6. The fraction of sp³-hybridized carbons (Fsp3) is 0.286. The molecule has 1 heterocycles. The third-order valence-corrected chi connectivity index (χ3v) is 2.18. The summed E-state index contributed by atoms with van der Waals surface area (Å²) in [7, 11) is 4.12. The van der Waals surface area contributed by atoms with Crippen molar-refractivity contribution in [3.63, 3.8) is 0 Å². The molecule has 0 fully saturated rings. The molecule has 0 saturated carbocycles. The van der Waals surface area contributed by atoms with Crippen LogP contribution in [0.15, 0.2) is 54.3 Å². The second kappa shape index (κ2) is 7.52. The zero-order valence-corrected chi connectivity index (χ0v) is 10.5. The van der Waals surface area contributed by atoms with Gasteiger partial charge in [0.2, 0.25) is 0 Å². The van der Waals surface area contributed by atoms with Gasteiger partial charge in [-0.25, -0.2) is 0 Å². The van der Waals surface area contributed by atoms with Crippen molar-refractivity contribution in [3.05, 3.63) is 55.0 Å². The van der Waals surface area contributed by atoms with Gasteiger partial charge in [-0.05, 0) is 38.7 Å². The smallest absolute Gasteiger partial charge is 0.0885 e. The van der Waals surface area contributed by atoms with Gasteiger partial charge in [-0.15, -0.1) is 0 Å². The second-order valence-corrected chi connectivity index (χ2v) is 3.91. The highest BCUT2D eigenvalue weighted by atomic mass is 15.0. The van der Waals surface area contributed by atoms with E-state index in [-0.39, 0.29) is 0 Å². The largest absolute Gasteiger partial charge is 0.309 e. The highest BCUT2D eigenvalue weighted by molar-refractivity contribution is 6.07. The van der Waals surface area contributed by atoms with Crippen molar-refractivity contribution >= 4 is 5.71 Å². The van der Waals surface area contributed by atoms with Crippen LogP contribution in [0, 0.1) is 0 Å². The van der Waals surface area contributed by atoms with Crippen molar-refractivity contribution in [2.45, 2.75) is 6.42 Å². The lowest BCUT2D eigenvalue weighted by atomic mass is 10.2. The molecule has 1 rings (SSSR count). The third kappa shape index (κ3) is 5.22. The van der Waals surface area contributed by atoms with Crippen molar-refractivity contribution in [2.24, 2.45) is 4.99 Å². The lowest BCUT2D eigenvalue weighted by Gasteiger charge is -2.05. The molecular formula is C14H19N3. The summed E-state index contributed by atoms with van der Waals surface area (Å²) in [6.07, 6.45) is 8.41. The van der Waals surface area contributed by atoms with Gasteiger partial charge in [-0.1, -0.05) is 18.7 Å². The van der Waals surface area contributed by atoms with Gasteiger partial charge in [0.1, 0.15) is 0 Å². The zero-order valence-electron chi connectivity index (χ0n) is 10.5. The van der Waals surface area contributed by atoms with E-state index in [0.29, 0.717) is 0 Å². The second-order valence-electron chi connectivity index (χ2n) is 3.91. The van der Waals surface area contributed by atoms with E-state index in [4.69, 9.17) is 0 Å². The van der Waals surface area contributed by atoms with E-state index < -0.39 is 0 Å². The molecule has 1 aromatic rings. The molecule has 0 radical (unpaired) electrons. The predicted molar refractivity (Wildman–Crippen MR) is 73.3 cm³/mol. The van der Waals surface area contributed by atoms with Crippen molar-refractivity contribution in [2.75, 3.05) is 20.6 Å². The fourth-order valence-corrected chi connectivity index (χ4v) is 1.33. The highest BCUT2D eigenvalue weighted by Crippen LogP contribution is 2.00. The molecule has 1 aromatic heterocycles. The number of hydrogen-bond donors (Lipinski definition) is 0. The van der Waals surface area contributed by atoms with Crippen molar-refractivity contribution in [1.29, 1.82) is 0 Å². The maximum atomic E-state index is 4.27. The minimum absolute atomic E-state index is 0.847. The Hall–Kier alpha value is -1.74. The van der Waals surface area contributed by atoms with Crippen molar-refractivity contribution < 1.29 is 0 Å². The van der Waals surface area contributed by atoms with Gasteiger partial charge in [-0.2, -0.15) is 0 Å². The summed E-state index contributed by atoms with van der Waals surface area (Å²) in [6, 6.07) is 5.79. The van der Waals surface area contributed by atoms with Gasteiger partial charge < -0.3 is 4.90 Å². The average Bonchev–Trinajstić information content (AvgIpc) is 2.34. The molecule has 0 bridgehead atoms. The van der Waals surface area contributed by atoms with Crippen LogP contribution in [0.4, 0.5) is 0 Å². The zero-order chi connectivity index (χ0) is 12.5. The van der Waals surface area contributed by atoms with Gasteiger partial charge in [0.25, 0.3) is 0 Å². The van der Waals surface area contributed by atoms with Crippen LogP contribution in [0.3, 0.4) is 0 Å². The van der Waals surface area contributed by atoms with E-state index in [1.165, 1.54) is 0 Å². The molecular weight excluding hydrogens is 210 g/mol. The van der Waals surface area contributed by atoms with Crippen LogP contribution in [0.1, 0.15) is 12.1 Å². The van der Waals surface area contributed by atoms with E-state index in [1.54, 1.807) is 12.4 Å². The molecule has 0 aromatic carbocycles. The van der Waals surface area contributed by atoms with Gasteiger partial charge in [0, 0.05) is 18.9 Å². The van der Waals surface area contributed by atoms with Crippen LogP contribution in [-0.2, 0) is 0 Å². The molecule has 3 nitrogen and oxygen atoms in total. The Labute approximate surface area is 103 Å². The molecule has 0 aliphatic carbocycles. The average molecular weight is 229 g/mol. The molecule has 3 heteroatoms. The van der Waals surface area contributed by atoms with Crippen LogP contribution in [0.5, 0.6) is 0 Å². The monoisotopic (exact) mass is 229 g/mol. The number of nitrogens with zero attached hydrogens (tertiary/aromatic N) is 3. The molecule has 0 N–H and O–H groups in total. The van der Waals surface area contributed by atoms with Gasteiger partial charge in [0.05, 0.1) is 11.4 Å². The van der Waals surface area contributed by atoms with Crippen molar-refractivity contribution in [3.8, 4) is 0 Å². The molecule has 0 unspecified atom stereocenters. The first kappa shape index (κ1) is 13.3. The number of allylic oxidation sites excluding steroid dienone is 1. The molecule has 0 amide bonds. The molecule has 0 aliphatic rings. The highest BCUT2D eigenvalue weighted by Gasteiger charge is 1.98. The Balaban J connectivity index is 2.69. The van der Waals surface area contributed by atoms with E-state index >= 15 is 0 Å². The summed E-state index contributed by atoms with van der Waals surface area (Å²) < 4.78 is 0. The Bertz CT molecular complexity index is 391. The summed E-state index contributed by atoms with van der Waals surface area (Å²) in [6.45, 7) is 4.65. The maximum Gasteiger partial charge on any atom is 0.0885 e. The van der Waals surface area contributed by atoms with Gasteiger partial charge >= 0.3 is 0 Å². The lowest BCUT2D eigenvalue weighted by Crippen LogP contribution is -2.12. The Morgan fingerprint density at radius 2 is 2.29 bits per heavy atom. The first-order valence-corrected chi connectivity index (χ1v) is 5.65. The van der Waals surface area contributed by atoms with E-state index in [9.17, 15) is 0 Å². The summed E-state index contributed by atoms with van der Waals surface area (Å²) in [5.41, 5.74) is 1.72. The quantitative estimate of drug-likeness (QED) is 0.701. The Kier molecular flexibility index (Phi) is 5.89. The molecule has 90 valence electrons. The van der Waals surface area contributed by atoms with Gasteiger partial charge in [0.15, 0.2) is 0 Å². The molecule has 0 aliphatic heterocycles. The first-order valence-electron chi connectivity index (χ1n) is 5.65. The number of hydrogen-bond acceptors (Lipinski definition) is 3. The number of aliphatic imine (C=N–C) groups is 1. The topological polar surface area (TPSA) is 28.5 Å². The fourth-order valence-electron chi connectivity index (χ4n) is 1.33. The van der Waals surface area contributed by atoms with Crippen molar-refractivity contribution in [1.82, 2.24) is 9.88 Å². The summed E-state index contributed by atoms with van der Waals surface area (Å²) in [5.74, 6) is 0. The minimum atomic E-state index is 0.847. The standard InChI is InChI=1S/C14H19N3/c1-4-15-13(10-6-8-12-17(2)3)14-9-5-7-11-16-14/h4-7,9-11H,1,8,12H2,2-3H3/b10-6-,15-13?. The maximum absolute atomic E-state index is 4.27. The third-order valence-electron chi connectivity index (χ3n) is 2.18. The van der Waals surface area contributed by atoms with E-state index in [2.05, 4.69) is 41.6 Å². The van der Waals surface area contributed by atoms with Crippen LogP contribution in [0.2, 0.25) is 0 Å². The number of pyridine rings is 1. The molecule has 0 atom stereocenters. The summed E-state index contributed by atoms with van der Waals surface area (Å²) in [5, 5.41) is 0. The lowest BCUT2D eigenvalue weighted by molar-refractivity contribution is 0.417. The van der Waals surface area contributed by atoms with Crippen LogP contribution >= 0.6 is 0 Å². The normalized spacial score (nSPS) is 12.3. The van der Waals surface area contributed by atoms with E-state index in [1.807, 2.05) is 24.3 Å². The summed E-state index contributed by atoms with van der Waals surface area (Å²) in [4.78, 5) is 10.6. The minimum Gasteiger partial charge on any atom is -0.309 e. The van der Waals surface area contributed by atoms with Gasteiger partial charge in [-0.3, -0.25) is 9.98 Å². The van der Waals surface area contributed by atoms with Crippen LogP contribution in [0.25, 0.3) is 0 Å². The van der Waals surface area contributed by atoms with E-state index in [0.717, 1.165) is 24.4 Å². The summed E-state index contributed by atoms with van der Waals surface area (Å²) >= 11 is 0. The van der Waals surface area contributed by atoms with Crippen LogP contribution in [-0.4, -0.2) is 36.2 Å².